The molecule has 22 heavy (non-hydrogen) atoms. The predicted octanol–water partition coefficient (Wildman–Crippen LogP) is 0.961. The number of amides is 2. The number of rotatable bonds is 1. The maximum absolute atomic E-state index is 13.4. The van der Waals surface area contributed by atoms with Gasteiger partial charge in [0.25, 0.3) is 11.5 Å². The summed E-state index contributed by atoms with van der Waals surface area (Å²) in [7, 11) is 0. The smallest absolute Gasteiger partial charge is 0.275 e. The van der Waals surface area contributed by atoms with E-state index < -0.39 is 35.0 Å². The van der Waals surface area contributed by atoms with Crippen LogP contribution < -0.4 is 10.9 Å². The Labute approximate surface area is 122 Å². The molecule has 2 heterocycles. The van der Waals surface area contributed by atoms with E-state index in [1.165, 1.54) is 6.92 Å². The summed E-state index contributed by atoms with van der Waals surface area (Å²) in [6.07, 6.45) is 0.214. The van der Waals surface area contributed by atoms with Gasteiger partial charge in [-0.25, -0.2) is 13.5 Å². The van der Waals surface area contributed by atoms with Gasteiger partial charge in [-0.05, 0) is 25.5 Å². The van der Waals surface area contributed by atoms with Gasteiger partial charge in [-0.1, -0.05) is 0 Å². The minimum atomic E-state index is -1.15. The second kappa shape index (κ2) is 4.97. The Morgan fingerprint density at radius 2 is 1.82 bits per heavy atom. The summed E-state index contributed by atoms with van der Waals surface area (Å²) in [6.45, 7) is 1.53. The predicted molar refractivity (Wildman–Crippen MR) is 72.1 cm³/mol. The third-order valence-electron chi connectivity index (χ3n) is 3.65. The highest BCUT2D eigenvalue weighted by atomic mass is 19.2. The normalized spacial score (nSPS) is 18.6. The summed E-state index contributed by atoms with van der Waals surface area (Å²) in [5, 5.41) is 6.27. The summed E-state index contributed by atoms with van der Waals surface area (Å²) in [6, 6.07) is 0.759. The van der Waals surface area contributed by atoms with Crippen molar-refractivity contribution in [2.45, 2.75) is 25.8 Å². The van der Waals surface area contributed by atoms with Gasteiger partial charge >= 0.3 is 0 Å². The zero-order valence-electron chi connectivity index (χ0n) is 11.5. The Balaban J connectivity index is 2.22. The van der Waals surface area contributed by atoms with Crippen LogP contribution in [0.2, 0.25) is 0 Å². The molecular formula is C14H11F2N3O3. The van der Waals surface area contributed by atoms with E-state index in [2.05, 4.69) is 10.4 Å². The van der Waals surface area contributed by atoms with Gasteiger partial charge in [0.15, 0.2) is 11.6 Å². The number of nitrogens with one attached hydrogen (secondary N) is 1. The fourth-order valence-electron chi connectivity index (χ4n) is 2.53. The van der Waals surface area contributed by atoms with Crippen molar-refractivity contribution in [3.05, 3.63) is 39.8 Å². The largest absolute Gasteiger partial charge is 0.295 e. The maximum atomic E-state index is 13.4. The van der Waals surface area contributed by atoms with Crippen molar-refractivity contribution in [3.8, 4) is 0 Å². The molecule has 2 amide bonds. The second-order valence-electron chi connectivity index (χ2n) is 5.11. The summed E-state index contributed by atoms with van der Waals surface area (Å²) >= 11 is 0. The molecular weight excluding hydrogens is 296 g/mol. The molecule has 1 atom stereocenters. The Hall–Kier alpha value is -2.64. The Morgan fingerprint density at radius 3 is 2.45 bits per heavy atom. The zero-order chi connectivity index (χ0) is 16.0. The molecule has 1 fully saturated rings. The van der Waals surface area contributed by atoms with Crippen LogP contribution in [-0.4, -0.2) is 21.6 Å². The molecule has 0 spiro atoms. The monoisotopic (exact) mass is 307 g/mol. The topological polar surface area (TPSA) is 81.1 Å². The SMILES string of the molecule is Cc1nn(C2CCC(=O)NC2=O)c(=O)c2cc(F)c(F)cc12. The Kier molecular flexibility index (Phi) is 3.23. The molecule has 3 rings (SSSR count). The lowest BCUT2D eigenvalue weighted by atomic mass is 10.1. The first-order chi connectivity index (χ1) is 10.4. The molecule has 1 aromatic carbocycles. The summed E-state index contributed by atoms with van der Waals surface area (Å²) in [5.41, 5.74) is -0.410. The Morgan fingerprint density at radius 1 is 1.18 bits per heavy atom. The minimum absolute atomic E-state index is 0.0592. The highest BCUT2D eigenvalue weighted by Gasteiger charge is 2.30. The lowest BCUT2D eigenvalue weighted by Crippen LogP contribution is -2.45. The van der Waals surface area contributed by atoms with Crippen molar-refractivity contribution in [2.75, 3.05) is 0 Å². The first-order valence-corrected chi connectivity index (χ1v) is 6.60. The van der Waals surface area contributed by atoms with Gasteiger partial charge in [-0.2, -0.15) is 5.10 Å². The molecule has 1 saturated heterocycles. The van der Waals surface area contributed by atoms with Crippen LogP contribution in [0, 0.1) is 18.6 Å². The van der Waals surface area contributed by atoms with Crippen molar-refractivity contribution in [2.24, 2.45) is 0 Å². The van der Waals surface area contributed by atoms with E-state index in [4.69, 9.17) is 0 Å². The molecule has 1 aliphatic rings. The quantitative estimate of drug-likeness (QED) is 0.796. The molecule has 1 aliphatic heterocycles. The lowest BCUT2D eigenvalue weighted by molar-refractivity contribution is -0.136. The third-order valence-corrected chi connectivity index (χ3v) is 3.65. The van der Waals surface area contributed by atoms with Gasteiger partial charge in [-0.15, -0.1) is 0 Å². The van der Waals surface area contributed by atoms with E-state index in [0.717, 1.165) is 16.8 Å². The van der Waals surface area contributed by atoms with Gasteiger partial charge in [0.1, 0.15) is 6.04 Å². The first-order valence-electron chi connectivity index (χ1n) is 6.60. The number of fused-ring (bicyclic) bond motifs is 1. The van der Waals surface area contributed by atoms with Crippen molar-refractivity contribution in [1.29, 1.82) is 0 Å². The standard InChI is InChI=1S/C14H11F2N3O3/c1-6-7-4-9(15)10(16)5-8(7)14(22)19(18-6)11-2-3-12(20)17-13(11)21/h4-5,11H,2-3H2,1H3,(H,17,20,21). The van der Waals surface area contributed by atoms with Crippen LogP contribution in [0.3, 0.4) is 0 Å². The first kappa shape index (κ1) is 14.3. The van der Waals surface area contributed by atoms with Crippen molar-refractivity contribution in [1.82, 2.24) is 15.1 Å². The molecule has 0 aliphatic carbocycles. The van der Waals surface area contributed by atoms with Crippen molar-refractivity contribution < 1.29 is 18.4 Å². The van der Waals surface area contributed by atoms with Gasteiger partial charge in [0.2, 0.25) is 5.91 Å². The minimum Gasteiger partial charge on any atom is -0.295 e. The number of carbonyl (C=O) groups excluding carboxylic acids is 2. The number of piperidine rings is 1. The zero-order valence-corrected chi connectivity index (χ0v) is 11.5. The van der Waals surface area contributed by atoms with Gasteiger partial charge < -0.3 is 0 Å². The fraction of sp³-hybridized carbons (Fsp3) is 0.286. The van der Waals surface area contributed by atoms with Gasteiger partial charge in [-0.3, -0.25) is 19.7 Å². The number of hydrogen-bond donors (Lipinski definition) is 1. The molecule has 1 unspecified atom stereocenters. The number of benzene rings is 1. The van der Waals surface area contributed by atoms with E-state index >= 15 is 0 Å². The van der Waals surface area contributed by atoms with Crippen LogP contribution in [0.4, 0.5) is 8.78 Å². The van der Waals surface area contributed by atoms with Crippen LogP contribution >= 0.6 is 0 Å². The highest BCUT2D eigenvalue weighted by molar-refractivity contribution is 5.99. The van der Waals surface area contributed by atoms with Gasteiger partial charge in [0.05, 0.1) is 11.1 Å². The average molecular weight is 307 g/mol. The van der Waals surface area contributed by atoms with E-state index in [-0.39, 0.29) is 23.6 Å². The summed E-state index contributed by atoms with van der Waals surface area (Å²) < 4.78 is 27.6. The van der Waals surface area contributed by atoms with Crippen LogP contribution in [0.1, 0.15) is 24.6 Å². The molecule has 0 bridgehead atoms. The van der Waals surface area contributed by atoms with Crippen LogP contribution in [0.25, 0.3) is 10.8 Å². The van der Waals surface area contributed by atoms with Crippen molar-refractivity contribution in [3.63, 3.8) is 0 Å². The number of aryl methyl sites for hydroxylation is 1. The van der Waals surface area contributed by atoms with E-state index in [1.54, 1.807) is 0 Å². The van der Waals surface area contributed by atoms with E-state index in [0.29, 0.717) is 5.69 Å². The fourth-order valence-corrected chi connectivity index (χ4v) is 2.53. The highest BCUT2D eigenvalue weighted by Crippen LogP contribution is 2.21. The summed E-state index contributed by atoms with van der Waals surface area (Å²) in [5.74, 6) is -3.27. The Bertz CT molecular complexity index is 876. The number of nitrogens with zero attached hydrogens (tertiary/aromatic N) is 2. The molecule has 1 N–H and O–H groups in total. The molecule has 1 aromatic heterocycles. The maximum Gasteiger partial charge on any atom is 0.275 e. The number of hydrogen-bond acceptors (Lipinski definition) is 4. The number of halogens is 2. The molecule has 0 saturated carbocycles. The second-order valence-corrected chi connectivity index (χ2v) is 5.11. The molecule has 8 heteroatoms. The molecule has 2 aromatic rings. The number of imide groups is 1. The van der Waals surface area contributed by atoms with E-state index in [9.17, 15) is 23.2 Å². The molecule has 0 radical (unpaired) electrons. The van der Waals surface area contributed by atoms with Crippen LogP contribution in [-0.2, 0) is 9.59 Å². The number of aromatic nitrogens is 2. The van der Waals surface area contributed by atoms with Gasteiger partial charge in [0, 0.05) is 11.8 Å². The molecule has 6 nitrogen and oxygen atoms in total. The van der Waals surface area contributed by atoms with Crippen LogP contribution in [0.15, 0.2) is 16.9 Å². The molecule has 114 valence electrons. The average Bonchev–Trinajstić information content (AvgIpc) is 2.45. The van der Waals surface area contributed by atoms with Crippen LogP contribution in [0.5, 0.6) is 0 Å². The number of carbonyl (C=O) groups is 2. The van der Waals surface area contributed by atoms with E-state index in [1.807, 2.05) is 0 Å². The lowest BCUT2D eigenvalue weighted by Gasteiger charge is -2.22. The van der Waals surface area contributed by atoms with Crippen molar-refractivity contribution >= 4 is 22.6 Å². The third kappa shape index (κ3) is 2.16. The summed E-state index contributed by atoms with van der Waals surface area (Å²) in [4.78, 5) is 35.4.